The Bertz CT molecular complexity index is 3040. The molecule has 0 unspecified atom stereocenters. The van der Waals surface area contributed by atoms with Gasteiger partial charge in [-0.3, -0.25) is 0 Å². The summed E-state index contributed by atoms with van der Waals surface area (Å²) in [7, 11) is 0. The van der Waals surface area contributed by atoms with E-state index in [1.165, 1.54) is 60.8 Å². The van der Waals surface area contributed by atoms with Crippen LogP contribution in [-0.2, 0) is 6.42 Å². The van der Waals surface area contributed by atoms with Crippen molar-refractivity contribution in [3.8, 4) is 73.2 Å². The highest BCUT2D eigenvalue weighted by atomic mass is 15.0. The minimum atomic E-state index is 0.649. The van der Waals surface area contributed by atoms with Gasteiger partial charge in [0.15, 0.2) is 17.5 Å². The van der Waals surface area contributed by atoms with Gasteiger partial charge >= 0.3 is 0 Å². The lowest BCUT2D eigenvalue weighted by Gasteiger charge is -2.15. The number of para-hydroxylation sites is 2. The Morgan fingerprint density at radius 2 is 0.821 bits per heavy atom. The summed E-state index contributed by atoms with van der Waals surface area (Å²) in [5.41, 5.74) is 16.5. The van der Waals surface area contributed by atoms with Crippen molar-refractivity contribution in [3.05, 3.63) is 205 Å². The van der Waals surface area contributed by atoms with E-state index < -0.39 is 0 Å². The summed E-state index contributed by atoms with van der Waals surface area (Å²) < 4.78 is 2.38. The van der Waals surface area contributed by atoms with E-state index in [2.05, 4.69) is 138 Å². The van der Waals surface area contributed by atoms with Crippen LogP contribution in [0, 0.1) is 0 Å². The van der Waals surface area contributed by atoms with Gasteiger partial charge in [-0.2, -0.15) is 0 Å². The molecule has 0 radical (unpaired) electrons. The SMILES string of the molecule is c1ccc(-c2nc(-c3ccccc3)nc(-c3cccc(-c4cccc5c4-c4c(cccc4-c4ccc6c(c4)c4ccccc4n6-c4ccccc4)C5)c3)n2)cc1. The molecular formula is C52H34N4. The van der Waals surface area contributed by atoms with Crippen molar-refractivity contribution in [2.24, 2.45) is 0 Å². The maximum Gasteiger partial charge on any atom is 0.164 e. The Balaban J connectivity index is 1.05. The van der Waals surface area contributed by atoms with Gasteiger partial charge in [-0.05, 0) is 87.3 Å². The molecule has 4 nitrogen and oxygen atoms in total. The molecular weight excluding hydrogens is 681 g/mol. The highest BCUT2D eigenvalue weighted by molar-refractivity contribution is 6.11. The number of aromatic nitrogens is 4. The first-order valence-corrected chi connectivity index (χ1v) is 19.1. The third-order valence-corrected chi connectivity index (χ3v) is 11.1. The molecule has 1 aliphatic carbocycles. The largest absolute Gasteiger partial charge is 0.309 e. The number of benzene rings is 8. The van der Waals surface area contributed by atoms with E-state index in [4.69, 9.17) is 15.0 Å². The highest BCUT2D eigenvalue weighted by Gasteiger charge is 2.26. The molecule has 56 heavy (non-hydrogen) atoms. The van der Waals surface area contributed by atoms with Gasteiger partial charge in [0, 0.05) is 33.2 Å². The predicted molar refractivity (Wildman–Crippen MR) is 230 cm³/mol. The second-order valence-electron chi connectivity index (χ2n) is 14.4. The molecule has 8 aromatic carbocycles. The average molecular weight is 715 g/mol. The maximum absolute atomic E-state index is 5.04. The Hall–Kier alpha value is -7.43. The molecule has 4 heteroatoms. The maximum atomic E-state index is 5.04. The molecule has 0 saturated carbocycles. The first-order chi connectivity index (χ1) is 27.8. The summed E-state index contributed by atoms with van der Waals surface area (Å²) in [4.78, 5) is 15.0. The minimum Gasteiger partial charge on any atom is -0.309 e. The normalized spacial score (nSPS) is 11.9. The van der Waals surface area contributed by atoms with Gasteiger partial charge in [-0.1, -0.05) is 158 Å². The molecule has 10 aromatic rings. The lowest BCUT2D eigenvalue weighted by atomic mass is 9.88. The number of nitrogens with zero attached hydrogens (tertiary/aromatic N) is 4. The van der Waals surface area contributed by atoms with Crippen molar-refractivity contribution in [3.63, 3.8) is 0 Å². The Labute approximate surface area is 325 Å². The molecule has 0 amide bonds. The lowest BCUT2D eigenvalue weighted by molar-refractivity contribution is 1.07. The topological polar surface area (TPSA) is 43.6 Å². The van der Waals surface area contributed by atoms with E-state index in [-0.39, 0.29) is 0 Å². The molecule has 11 rings (SSSR count). The molecule has 2 heterocycles. The van der Waals surface area contributed by atoms with Crippen LogP contribution in [0.15, 0.2) is 194 Å². The van der Waals surface area contributed by atoms with Gasteiger partial charge in [0.2, 0.25) is 0 Å². The lowest BCUT2D eigenvalue weighted by Crippen LogP contribution is -2.00. The molecule has 0 N–H and O–H groups in total. The fourth-order valence-electron chi connectivity index (χ4n) is 8.53. The quantitative estimate of drug-likeness (QED) is 0.172. The van der Waals surface area contributed by atoms with Gasteiger partial charge < -0.3 is 4.57 Å². The molecule has 0 atom stereocenters. The van der Waals surface area contributed by atoms with E-state index in [0.717, 1.165) is 34.4 Å². The monoisotopic (exact) mass is 714 g/mol. The Kier molecular flexibility index (Phi) is 7.52. The van der Waals surface area contributed by atoms with Crippen molar-refractivity contribution in [2.45, 2.75) is 6.42 Å². The van der Waals surface area contributed by atoms with Gasteiger partial charge in [0.25, 0.3) is 0 Å². The Morgan fingerprint density at radius 1 is 0.339 bits per heavy atom. The summed E-state index contributed by atoms with van der Waals surface area (Å²) >= 11 is 0. The molecule has 0 saturated heterocycles. The van der Waals surface area contributed by atoms with Crippen LogP contribution in [0.1, 0.15) is 11.1 Å². The van der Waals surface area contributed by atoms with Crippen molar-refractivity contribution in [1.82, 2.24) is 19.5 Å². The van der Waals surface area contributed by atoms with Crippen molar-refractivity contribution in [1.29, 1.82) is 0 Å². The summed E-state index contributed by atoms with van der Waals surface area (Å²) in [6, 6.07) is 68.9. The second kappa shape index (κ2) is 13.2. The smallest absolute Gasteiger partial charge is 0.164 e. The van der Waals surface area contributed by atoms with Crippen LogP contribution in [-0.4, -0.2) is 19.5 Å². The van der Waals surface area contributed by atoms with Crippen molar-refractivity contribution >= 4 is 21.8 Å². The zero-order valence-electron chi connectivity index (χ0n) is 30.5. The standard InChI is InChI=1S/C52H34N4/c1-4-15-34(16-5-1)50-53-51(35-17-6-2-7-18-35)55-52(54-50)40-22-12-19-36(31-40)42-26-13-20-38-32-39-21-14-27-43(49(39)48(38)42)37-29-30-47-45(33-37)44-25-10-11-28-46(44)56(47)41-23-8-3-9-24-41/h1-31,33H,32H2. The molecule has 2 aromatic heterocycles. The molecule has 1 aliphatic rings. The molecule has 0 aliphatic heterocycles. The van der Waals surface area contributed by atoms with Crippen LogP contribution in [0.2, 0.25) is 0 Å². The predicted octanol–water partition coefficient (Wildman–Crippen LogP) is 12.9. The van der Waals surface area contributed by atoms with Gasteiger partial charge in [0.05, 0.1) is 11.0 Å². The van der Waals surface area contributed by atoms with Crippen LogP contribution in [0.5, 0.6) is 0 Å². The van der Waals surface area contributed by atoms with Crippen LogP contribution in [0.25, 0.3) is 95.0 Å². The zero-order valence-corrected chi connectivity index (χ0v) is 30.5. The van der Waals surface area contributed by atoms with Crippen LogP contribution >= 0.6 is 0 Å². The number of rotatable bonds is 6. The third-order valence-electron chi connectivity index (χ3n) is 11.1. The van der Waals surface area contributed by atoms with Crippen LogP contribution in [0.3, 0.4) is 0 Å². The molecule has 0 bridgehead atoms. The minimum absolute atomic E-state index is 0.649. The summed E-state index contributed by atoms with van der Waals surface area (Å²) in [6.45, 7) is 0. The highest BCUT2D eigenvalue weighted by Crippen LogP contribution is 2.48. The molecule has 0 spiro atoms. The van der Waals surface area contributed by atoms with Gasteiger partial charge in [-0.25, -0.2) is 15.0 Å². The molecule has 0 fully saturated rings. The average Bonchev–Trinajstić information content (AvgIpc) is 3.83. The summed E-state index contributed by atoms with van der Waals surface area (Å²) in [5, 5.41) is 2.50. The first-order valence-electron chi connectivity index (χ1n) is 19.1. The van der Waals surface area contributed by atoms with Crippen LogP contribution < -0.4 is 0 Å². The first kappa shape index (κ1) is 32.0. The second-order valence-corrected chi connectivity index (χ2v) is 14.4. The van der Waals surface area contributed by atoms with Crippen LogP contribution in [0.4, 0.5) is 0 Å². The zero-order chi connectivity index (χ0) is 37.0. The number of fused-ring (bicyclic) bond motifs is 6. The fourth-order valence-corrected chi connectivity index (χ4v) is 8.53. The fraction of sp³-hybridized carbons (Fsp3) is 0.0192. The summed E-state index contributed by atoms with van der Waals surface area (Å²) in [6.07, 6.45) is 0.899. The van der Waals surface area contributed by atoms with Gasteiger partial charge in [-0.15, -0.1) is 0 Å². The number of hydrogen-bond acceptors (Lipinski definition) is 3. The summed E-state index contributed by atoms with van der Waals surface area (Å²) in [5.74, 6) is 1.96. The van der Waals surface area contributed by atoms with E-state index in [9.17, 15) is 0 Å². The van der Waals surface area contributed by atoms with Crippen molar-refractivity contribution in [2.75, 3.05) is 0 Å². The number of hydrogen-bond donors (Lipinski definition) is 0. The molecule has 262 valence electrons. The van der Waals surface area contributed by atoms with E-state index >= 15 is 0 Å². The van der Waals surface area contributed by atoms with Gasteiger partial charge in [0.1, 0.15) is 0 Å². The van der Waals surface area contributed by atoms with E-state index in [1.54, 1.807) is 0 Å². The van der Waals surface area contributed by atoms with E-state index in [1.807, 2.05) is 60.7 Å². The van der Waals surface area contributed by atoms with Crippen molar-refractivity contribution < 1.29 is 0 Å². The third kappa shape index (κ3) is 5.34. The Morgan fingerprint density at radius 3 is 1.46 bits per heavy atom. The van der Waals surface area contributed by atoms with E-state index in [0.29, 0.717) is 17.5 Å².